The van der Waals surface area contributed by atoms with Gasteiger partial charge < -0.3 is 23.9 Å². The van der Waals surface area contributed by atoms with Gasteiger partial charge in [0.2, 0.25) is 0 Å². The summed E-state index contributed by atoms with van der Waals surface area (Å²) in [7, 11) is 3.20. The van der Waals surface area contributed by atoms with Gasteiger partial charge in [-0.05, 0) is 61.1 Å². The van der Waals surface area contributed by atoms with Crippen molar-refractivity contribution in [2.45, 2.75) is 26.2 Å². The fraction of sp³-hybridized carbons (Fsp3) is 0.333. The van der Waals surface area contributed by atoms with Gasteiger partial charge in [0.05, 0.1) is 19.6 Å². The molecular weight excluding hydrogens is 464 g/mol. The molecule has 182 valence electrons. The summed E-state index contributed by atoms with van der Waals surface area (Å²) < 4.78 is 22.5. The van der Waals surface area contributed by atoms with Crippen molar-refractivity contribution in [1.29, 1.82) is 0 Å². The van der Waals surface area contributed by atoms with E-state index in [1.165, 1.54) is 10.4 Å². The molecule has 4 aromatic rings. The number of para-hydroxylation sites is 2. The predicted molar refractivity (Wildman–Crippen MR) is 137 cm³/mol. The first-order valence-electron chi connectivity index (χ1n) is 11.7. The van der Waals surface area contributed by atoms with Gasteiger partial charge in [-0.3, -0.25) is 4.79 Å². The van der Waals surface area contributed by atoms with Gasteiger partial charge in [0.15, 0.2) is 23.0 Å². The SMILES string of the molecule is COc1ccccc1OCCOc1ccc(-c2nc3sc4c(c3c(=O)[nH]2)CCC(C)C4)cc1OC. The van der Waals surface area contributed by atoms with Crippen LogP contribution in [0.15, 0.2) is 47.3 Å². The number of hydrogen-bond acceptors (Lipinski definition) is 7. The van der Waals surface area contributed by atoms with Crippen LogP contribution in [0.1, 0.15) is 23.8 Å². The standard InChI is InChI=1S/C27H28N2O5S/c1-16-8-10-18-23(14-16)35-27-24(18)26(30)28-25(29-27)17-9-11-21(22(15-17)32-3)34-13-12-33-20-7-5-4-6-19(20)31-2/h4-7,9,11,15-16H,8,10,12-14H2,1-3H3,(H,28,29,30). The van der Waals surface area contributed by atoms with Crippen molar-refractivity contribution >= 4 is 21.6 Å². The van der Waals surface area contributed by atoms with Crippen LogP contribution in [0.25, 0.3) is 21.6 Å². The van der Waals surface area contributed by atoms with Crippen LogP contribution >= 0.6 is 11.3 Å². The smallest absolute Gasteiger partial charge is 0.260 e. The van der Waals surface area contributed by atoms with Gasteiger partial charge in [-0.25, -0.2) is 4.98 Å². The Balaban J connectivity index is 1.33. The molecule has 5 rings (SSSR count). The van der Waals surface area contributed by atoms with Crippen molar-refractivity contribution in [2.75, 3.05) is 27.4 Å². The summed E-state index contributed by atoms with van der Waals surface area (Å²) in [6.07, 6.45) is 3.08. The summed E-state index contributed by atoms with van der Waals surface area (Å²) in [5, 5.41) is 0.752. The third kappa shape index (κ3) is 4.71. The lowest BCUT2D eigenvalue weighted by Crippen LogP contribution is -2.13. The number of H-pyrrole nitrogens is 1. The molecule has 1 unspecified atom stereocenters. The van der Waals surface area contributed by atoms with E-state index in [4.69, 9.17) is 23.9 Å². The second-order valence-electron chi connectivity index (χ2n) is 8.66. The predicted octanol–water partition coefficient (Wildman–Crippen LogP) is 5.25. The molecule has 0 spiro atoms. The lowest BCUT2D eigenvalue weighted by molar-refractivity contribution is 0.206. The van der Waals surface area contributed by atoms with Crippen LogP contribution in [0, 0.1) is 5.92 Å². The van der Waals surface area contributed by atoms with Crippen molar-refractivity contribution in [3.8, 4) is 34.4 Å². The number of fused-ring (bicyclic) bond motifs is 3. The quantitative estimate of drug-likeness (QED) is 0.338. The number of thiophene rings is 1. The Morgan fingerprint density at radius 3 is 2.46 bits per heavy atom. The summed E-state index contributed by atoms with van der Waals surface area (Å²) in [6, 6.07) is 13.0. The van der Waals surface area contributed by atoms with Gasteiger partial charge >= 0.3 is 0 Å². The molecule has 0 radical (unpaired) electrons. The highest BCUT2D eigenvalue weighted by molar-refractivity contribution is 7.18. The van der Waals surface area contributed by atoms with E-state index in [1.807, 2.05) is 42.5 Å². The second-order valence-corrected chi connectivity index (χ2v) is 9.74. The van der Waals surface area contributed by atoms with Crippen LogP contribution < -0.4 is 24.5 Å². The average molecular weight is 493 g/mol. The summed E-state index contributed by atoms with van der Waals surface area (Å²) >= 11 is 1.64. The molecule has 2 aromatic carbocycles. The molecule has 1 atom stereocenters. The molecule has 0 amide bonds. The zero-order valence-electron chi connectivity index (χ0n) is 20.1. The highest BCUT2D eigenvalue weighted by atomic mass is 32.1. The van der Waals surface area contributed by atoms with E-state index in [2.05, 4.69) is 11.9 Å². The van der Waals surface area contributed by atoms with Crippen molar-refractivity contribution in [3.05, 3.63) is 63.3 Å². The van der Waals surface area contributed by atoms with Crippen LogP contribution in [-0.4, -0.2) is 37.4 Å². The molecule has 0 fully saturated rings. The molecule has 35 heavy (non-hydrogen) atoms. The normalized spacial score (nSPS) is 15.0. The Hall–Kier alpha value is -3.52. The minimum absolute atomic E-state index is 0.0789. The summed E-state index contributed by atoms with van der Waals surface area (Å²) in [4.78, 5) is 22.9. The Morgan fingerprint density at radius 1 is 1.00 bits per heavy atom. The molecular formula is C27H28N2O5S. The number of nitrogens with one attached hydrogen (secondary N) is 1. The molecule has 8 heteroatoms. The van der Waals surface area contributed by atoms with Gasteiger partial charge in [0.1, 0.15) is 23.9 Å². The first-order chi connectivity index (χ1) is 17.1. The number of aromatic amines is 1. The monoisotopic (exact) mass is 492 g/mol. The molecule has 2 heterocycles. The lowest BCUT2D eigenvalue weighted by Gasteiger charge is -2.17. The topological polar surface area (TPSA) is 82.7 Å². The number of hydrogen-bond donors (Lipinski definition) is 1. The fourth-order valence-corrected chi connectivity index (χ4v) is 5.84. The zero-order valence-corrected chi connectivity index (χ0v) is 20.9. The van der Waals surface area contributed by atoms with Crippen LogP contribution in [0.2, 0.25) is 0 Å². The summed E-state index contributed by atoms with van der Waals surface area (Å²) in [6.45, 7) is 2.93. The Morgan fingerprint density at radius 2 is 1.71 bits per heavy atom. The average Bonchev–Trinajstić information content (AvgIpc) is 3.24. The van der Waals surface area contributed by atoms with Gasteiger partial charge in [-0.2, -0.15) is 0 Å². The number of aryl methyl sites for hydroxylation is 1. The van der Waals surface area contributed by atoms with Crippen LogP contribution in [-0.2, 0) is 12.8 Å². The largest absolute Gasteiger partial charge is 0.493 e. The van der Waals surface area contributed by atoms with Crippen molar-refractivity contribution in [3.63, 3.8) is 0 Å². The highest BCUT2D eigenvalue weighted by Crippen LogP contribution is 2.37. The fourth-order valence-electron chi connectivity index (χ4n) is 4.46. The maximum atomic E-state index is 13.0. The van der Waals surface area contributed by atoms with Crippen LogP contribution in [0.4, 0.5) is 0 Å². The number of aromatic nitrogens is 2. The first kappa shape index (κ1) is 23.2. The molecule has 1 aliphatic rings. The third-order valence-corrected chi connectivity index (χ3v) is 7.42. The van der Waals surface area contributed by atoms with E-state index in [9.17, 15) is 4.79 Å². The maximum Gasteiger partial charge on any atom is 0.260 e. The lowest BCUT2D eigenvalue weighted by atomic mass is 9.89. The minimum atomic E-state index is -0.0789. The molecule has 1 N–H and O–H groups in total. The van der Waals surface area contributed by atoms with E-state index < -0.39 is 0 Å². The van der Waals surface area contributed by atoms with Crippen molar-refractivity contribution in [2.24, 2.45) is 5.92 Å². The van der Waals surface area contributed by atoms with Gasteiger partial charge in [-0.1, -0.05) is 19.1 Å². The number of methoxy groups -OCH3 is 2. The number of ether oxygens (including phenoxy) is 4. The Bertz CT molecular complexity index is 1410. The molecule has 1 aliphatic carbocycles. The van der Waals surface area contributed by atoms with Crippen LogP contribution in [0.5, 0.6) is 23.0 Å². The van der Waals surface area contributed by atoms with Gasteiger partial charge in [0, 0.05) is 10.4 Å². The highest BCUT2D eigenvalue weighted by Gasteiger charge is 2.23. The molecule has 0 saturated heterocycles. The second kappa shape index (κ2) is 10.00. The van der Waals surface area contributed by atoms with Crippen LogP contribution in [0.3, 0.4) is 0 Å². The Labute approximate surface area is 207 Å². The van der Waals surface area contributed by atoms with E-state index in [0.29, 0.717) is 48.0 Å². The summed E-state index contributed by atoms with van der Waals surface area (Å²) in [5.41, 5.74) is 1.86. The number of nitrogens with zero attached hydrogens (tertiary/aromatic N) is 1. The zero-order chi connectivity index (χ0) is 24.4. The minimum Gasteiger partial charge on any atom is -0.493 e. The van der Waals surface area contributed by atoms with Crippen molar-refractivity contribution < 1.29 is 18.9 Å². The maximum absolute atomic E-state index is 13.0. The van der Waals surface area contributed by atoms with Gasteiger partial charge in [0.25, 0.3) is 5.56 Å². The van der Waals surface area contributed by atoms with E-state index in [-0.39, 0.29) is 5.56 Å². The van der Waals surface area contributed by atoms with E-state index in [1.54, 1.807) is 25.6 Å². The molecule has 0 aliphatic heterocycles. The number of benzene rings is 2. The molecule has 7 nitrogen and oxygen atoms in total. The van der Waals surface area contributed by atoms with E-state index in [0.717, 1.165) is 35.0 Å². The number of rotatable bonds is 8. The van der Waals surface area contributed by atoms with Gasteiger partial charge in [-0.15, -0.1) is 11.3 Å². The molecule has 0 bridgehead atoms. The first-order valence-corrected chi connectivity index (χ1v) is 12.5. The van der Waals surface area contributed by atoms with E-state index >= 15 is 0 Å². The Kier molecular flexibility index (Phi) is 6.63. The summed E-state index contributed by atoms with van der Waals surface area (Å²) in [5.74, 6) is 3.65. The van der Waals surface area contributed by atoms with Crippen molar-refractivity contribution in [1.82, 2.24) is 9.97 Å². The third-order valence-electron chi connectivity index (χ3n) is 6.27. The molecule has 2 aromatic heterocycles. The molecule has 0 saturated carbocycles.